The second-order valence-corrected chi connectivity index (χ2v) is 3.17. The largest absolute Gasteiger partial charge is 0.347 e. The van der Waals surface area contributed by atoms with Gasteiger partial charge in [-0.25, -0.2) is 0 Å². The predicted molar refractivity (Wildman–Crippen MR) is 59.2 cm³/mol. The summed E-state index contributed by atoms with van der Waals surface area (Å²) in [5.41, 5.74) is 1.90. The minimum Gasteiger partial charge on any atom is -0.347 e. The molecule has 1 N–H and O–H groups in total. The molecular weight excluding hydrogens is 188 g/mol. The van der Waals surface area contributed by atoms with E-state index in [-0.39, 0.29) is 0 Å². The maximum absolute atomic E-state index is 10.8. The van der Waals surface area contributed by atoms with Crippen molar-refractivity contribution in [2.24, 2.45) is 0 Å². The first kappa shape index (κ1) is 11.0. The lowest BCUT2D eigenvalue weighted by Crippen LogP contribution is -2.23. The van der Waals surface area contributed by atoms with Crippen molar-refractivity contribution in [3.05, 3.63) is 34.0 Å². The summed E-state index contributed by atoms with van der Waals surface area (Å²) < 4.78 is 0. The molecule has 0 atom stereocenters. The highest BCUT2D eigenvalue weighted by Crippen LogP contribution is 2.04. The summed E-state index contributed by atoms with van der Waals surface area (Å²) in [5.74, 6) is 0. The highest BCUT2D eigenvalue weighted by atomic mass is 16.1. The van der Waals surface area contributed by atoms with E-state index in [4.69, 9.17) is 5.26 Å². The number of rotatable bonds is 2. The molecule has 3 heteroatoms. The quantitative estimate of drug-likeness (QED) is 0.561. The number of nitrogens with one attached hydrogen (secondary N) is 1. The van der Waals surface area contributed by atoms with Crippen LogP contribution >= 0.6 is 0 Å². The topological polar surface area (TPSA) is 56.6 Å². The zero-order chi connectivity index (χ0) is 11.4. The maximum atomic E-state index is 10.8. The fourth-order valence-electron chi connectivity index (χ4n) is 1.42. The van der Waals surface area contributed by atoms with Gasteiger partial charge in [-0.15, -0.1) is 0 Å². The monoisotopic (exact) mass is 200 g/mol. The molecule has 0 spiro atoms. The van der Waals surface area contributed by atoms with Crippen LogP contribution in [-0.2, 0) is 4.79 Å². The predicted octanol–water partition coefficient (Wildman–Crippen LogP) is 0.612. The van der Waals surface area contributed by atoms with E-state index in [0.717, 1.165) is 17.1 Å². The third kappa shape index (κ3) is 2.05. The third-order valence-corrected chi connectivity index (χ3v) is 2.29. The summed E-state index contributed by atoms with van der Waals surface area (Å²) in [6, 6.07) is 3.70. The van der Waals surface area contributed by atoms with Gasteiger partial charge >= 0.3 is 0 Å². The zero-order valence-corrected chi connectivity index (χ0v) is 8.79. The number of aromatic amines is 1. The van der Waals surface area contributed by atoms with Crippen molar-refractivity contribution < 1.29 is 4.79 Å². The summed E-state index contributed by atoms with van der Waals surface area (Å²) >= 11 is 0. The summed E-state index contributed by atoms with van der Waals surface area (Å²) in [6.07, 6.45) is 2.54. The molecule has 0 aliphatic carbocycles. The number of hydrogen-bond acceptors (Lipinski definition) is 2. The van der Waals surface area contributed by atoms with Crippen LogP contribution in [0.1, 0.15) is 19.5 Å². The van der Waals surface area contributed by atoms with Crippen molar-refractivity contribution >= 4 is 18.4 Å². The van der Waals surface area contributed by atoms with Crippen molar-refractivity contribution in [2.75, 3.05) is 0 Å². The van der Waals surface area contributed by atoms with Crippen molar-refractivity contribution in [3.8, 4) is 6.07 Å². The van der Waals surface area contributed by atoms with Gasteiger partial charge in [0.1, 0.15) is 18.0 Å². The molecule has 0 radical (unpaired) electrons. The van der Waals surface area contributed by atoms with E-state index in [9.17, 15) is 4.79 Å². The number of carbonyl (C=O) groups is 1. The number of nitriles is 1. The van der Waals surface area contributed by atoms with Gasteiger partial charge in [0.2, 0.25) is 0 Å². The molecule has 1 aromatic heterocycles. The Bertz CT molecular complexity index is 555. The molecule has 0 aliphatic rings. The summed E-state index contributed by atoms with van der Waals surface area (Å²) in [4.78, 5) is 13.6. The van der Waals surface area contributed by atoms with Crippen LogP contribution in [0.4, 0.5) is 0 Å². The van der Waals surface area contributed by atoms with Crippen LogP contribution in [0.25, 0.3) is 12.2 Å². The first-order valence-electron chi connectivity index (χ1n) is 4.54. The number of aldehydes is 1. The minimum absolute atomic E-state index is 0.454. The second kappa shape index (κ2) is 4.43. The van der Waals surface area contributed by atoms with Gasteiger partial charge in [-0.2, -0.15) is 5.26 Å². The second-order valence-electron chi connectivity index (χ2n) is 3.17. The van der Waals surface area contributed by atoms with E-state index < -0.39 is 0 Å². The lowest BCUT2D eigenvalue weighted by atomic mass is 10.1. The Balaban J connectivity index is 3.56. The number of carbonyl (C=O) groups excluding carboxylic acids is 1. The Hall–Kier alpha value is -2.08. The highest BCUT2D eigenvalue weighted by Gasteiger charge is 2.01. The molecule has 1 rings (SSSR count). The van der Waals surface area contributed by atoms with E-state index in [1.54, 1.807) is 19.1 Å². The molecule has 0 aromatic carbocycles. The third-order valence-electron chi connectivity index (χ3n) is 2.29. The van der Waals surface area contributed by atoms with Gasteiger partial charge in [-0.05, 0) is 25.5 Å². The lowest BCUT2D eigenvalue weighted by molar-refractivity contribution is -0.104. The molecule has 0 unspecified atom stereocenters. The van der Waals surface area contributed by atoms with Crippen LogP contribution in [0.15, 0.2) is 17.7 Å². The van der Waals surface area contributed by atoms with E-state index in [0.29, 0.717) is 16.6 Å². The van der Waals surface area contributed by atoms with Gasteiger partial charge in [-0.3, -0.25) is 4.79 Å². The van der Waals surface area contributed by atoms with Crippen LogP contribution in [0.3, 0.4) is 0 Å². The number of allylic oxidation sites excluding steroid dienone is 2. The fraction of sp³-hybridized carbons (Fsp3) is 0.167. The van der Waals surface area contributed by atoms with Crippen molar-refractivity contribution in [1.29, 1.82) is 5.26 Å². The number of nitrogens with zero attached hydrogens (tertiary/aromatic N) is 1. The van der Waals surface area contributed by atoms with E-state index in [2.05, 4.69) is 11.6 Å². The fourth-order valence-corrected chi connectivity index (χ4v) is 1.42. The molecule has 1 heterocycles. The van der Waals surface area contributed by atoms with Gasteiger partial charge in [0.25, 0.3) is 0 Å². The van der Waals surface area contributed by atoms with E-state index in [1.165, 1.54) is 0 Å². The Labute approximate surface area is 88.0 Å². The molecule has 0 amide bonds. The van der Waals surface area contributed by atoms with Crippen LogP contribution in [0.2, 0.25) is 0 Å². The Morgan fingerprint density at radius 1 is 1.67 bits per heavy atom. The average molecular weight is 200 g/mol. The van der Waals surface area contributed by atoms with E-state index >= 15 is 0 Å². The number of aromatic nitrogens is 1. The highest BCUT2D eigenvalue weighted by molar-refractivity contribution is 5.91. The SMILES string of the molecule is C=c1[nH]c(C#N)c/c1=C(C)/C(C=O)=C\C. The molecule has 3 nitrogen and oxygen atoms in total. The lowest BCUT2D eigenvalue weighted by Gasteiger charge is -1.96. The van der Waals surface area contributed by atoms with E-state index in [1.807, 2.05) is 13.0 Å². The van der Waals surface area contributed by atoms with Crippen molar-refractivity contribution in [3.63, 3.8) is 0 Å². The Morgan fingerprint density at radius 3 is 2.73 bits per heavy atom. The smallest absolute Gasteiger partial charge is 0.150 e. The van der Waals surface area contributed by atoms with Crippen LogP contribution in [-0.4, -0.2) is 11.3 Å². The molecule has 76 valence electrons. The molecule has 1 aromatic rings. The van der Waals surface area contributed by atoms with Gasteiger partial charge in [0.15, 0.2) is 0 Å². The number of hydrogen-bond donors (Lipinski definition) is 1. The maximum Gasteiger partial charge on any atom is 0.150 e. The Kier molecular flexibility index (Phi) is 3.25. The van der Waals surface area contributed by atoms with Crippen LogP contribution < -0.4 is 10.6 Å². The summed E-state index contributed by atoms with van der Waals surface area (Å²) in [5, 5.41) is 10.2. The van der Waals surface area contributed by atoms with Crippen molar-refractivity contribution in [2.45, 2.75) is 13.8 Å². The Morgan fingerprint density at radius 2 is 2.33 bits per heavy atom. The summed E-state index contributed by atoms with van der Waals surface area (Å²) in [6.45, 7) is 7.43. The van der Waals surface area contributed by atoms with Crippen molar-refractivity contribution in [1.82, 2.24) is 4.98 Å². The normalized spacial score (nSPS) is 13.3. The molecule has 15 heavy (non-hydrogen) atoms. The molecule has 0 saturated carbocycles. The van der Waals surface area contributed by atoms with Crippen LogP contribution in [0.5, 0.6) is 0 Å². The molecule has 0 bridgehead atoms. The molecule has 0 saturated heterocycles. The van der Waals surface area contributed by atoms with Gasteiger partial charge in [0, 0.05) is 16.1 Å². The number of H-pyrrole nitrogens is 1. The van der Waals surface area contributed by atoms with Crippen LogP contribution in [0, 0.1) is 11.3 Å². The molecular formula is C12H12N2O. The standard InChI is InChI=1S/C12H12N2O/c1-4-10(7-15)8(2)12-5-11(6-13)14-9(12)3/h4-5,7,14H,3H2,1-2H3/b10-4-,12-8-. The first-order chi connectivity index (χ1) is 7.13. The van der Waals surface area contributed by atoms with Gasteiger partial charge in [0.05, 0.1) is 0 Å². The minimum atomic E-state index is 0.454. The molecule has 0 fully saturated rings. The first-order valence-corrected chi connectivity index (χ1v) is 4.54. The summed E-state index contributed by atoms with van der Waals surface area (Å²) in [7, 11) is 0. The average Bonchev–Trinajstić information content (AvgIpc) is 2.61. The zero-order valence-electron chi connectivity index (χ0n) is 8.79. The van der Waals surface area contributed by atoms with Gasteiger partial charge in [-0.1, -0.05) is 12.7 Å². The molecule has 0 aliphatic heterocycles. The van der Waals surface area contributed by atoms with Gasteiger partial charge < -0.3 is 4.98 Å².